The van der Waals surface area contributed by atoms with Crippen LogP contribution >= 0.6 is 0 Å². The lowest BCUT2D eigenvalue weighted by Gasteiger charge is -2.38. The van der Waals surface area contributed by atoms with Gasteiger partial charge in [0.15, 0.2) is 0 Å². The number of fused-ring (bicyclic) bond motifs is 1. The Hall–Kier alpha value is -4.33. The number of carbonyl (C=O) groups is 2. The summed E-state index contributed by atoms with van der Waals surface area (Å²) >= 11 is 0. The van der Waals surface area contributed by atoms with Crippen molar-refractivity contribution in [3.63, 3.8) is 0 Å². The molecule has 0 radical (unpaired) electrons. The smallest absolute Gasteiger partial charge is 0.251 e. The summed E-state index contributed by atoms with van der Waals surface area (Å²) in [6, 6.07) is 7.87. The summed E-state index contributed by atoms with van der Waals surface area (Å²) in [5.41, 5.74) is 5.74. The van der Waals surface area contributed by atoms with Gasteiger partial charge < -0.3 is 25.3 Å². The van der Waals surface area contributed by atoms with E-state index < -0.39 is 5.41 Å². The van der Waals surface area contributed by atoms with Crippen molar-refractivity contribution >= 4 is 11.8 Å². The predicted octanol–water partition coefficient (Wildman–Crippen LogP) is 6.50. The van der Waals surface area contributed by atoms with Crippen LogP contribution in [0.1, 0.15) is 105 Å². The molecule has 0 aliphatic heterocycles. The molecular formula is C40H59N7O3. The van der Waals surface area contributed by atoms with Gasteiger partial charge in [-0.1, -0.05) is 49.3 Å². The summed E-state index contributed by atoms with van der Waals surface area (Å²) < 4.78 is 6.29. The van der Waals surface area contributed by atoms with Crippen molar-refractivity contribution < 1.29 is 14.0 Å². The number of carbonyl (C=O) groups excluding carboxylic acids is 2. The maximum atomic E-state index is 13.2. The van der Waals surface area contributed by atoms with Gasteiger partial charge in [-0.15, -0.1) is 23.4 Å². The molecule has 1 aromatic carbocycles. The molecule has 1 unspecified atom stereocenters. The van der Waals surface area contributed by atoms with Crippen molar-refractivity contribution in [3.8, 4) is 6.07 Å². The Morgan fingerprint density at radius 3 is 2.58 bits per heavy atom. The van der Waals surface area contributed by atoms with Gasteiger partial charge in [0.2, 0.25) is 17.7 Å². The minimum Gasteiger partial charge on any atom is -0.425 e. The third-order valence-corrected chi connectivity index (χ3v) is 9.28. The Morgan fingerprint density at radius 1 is 1.20 bits per heavy atom. The number of nitrogens with zero attached hydrogens (tertiary/aromatic N) is 4. The van der Waals surface area contributed by atoms with Crippen molar-refractivity contribution in [1.82, 2.24) is 31.0 Å². The van der Waals surface area contributed by atoms with Crippen molar-refractivity contribution in [3.05, 3.63) is 95.3 Å². The van der Waals surface area contributed by atoms with Crippen molar-refractivity contribution in [2.24, 2.45) is 0 Å². The van der Waals surface area contributed by atoms with E-state index in [0.717, 1.165) is 68.2 Å². The van der Waals surface area contributed by atoms with E-state index in [1.54, 1.807) is 18.9 Å². The lowest BCUT2D eigenvalue weighted by molar-refractivity contribution is -0.129. The molecule has 0 fully saturated rings. The van der Waals surface area contributed by atoms with Gasteiger partial charge in [0, 0.05) is 32.1 Å². The van der Waals surface area contributed by atoms with Crippen LogP contribution in [-0.4, -0.2) is 73.2 Å². The molecular weight excluding hydrogens is 626 g/mol. The Bertz CT molecular complexity index is 1520. The molecule has 3 N–H and O–H groups in total. The van der Waals surface area contributed by atoms with Crippen LogP contribution in [-0.2, 0) is 16.6 Å². The van der Waals surface area contributed by atoms with Crippen molar-refractivity contribution in [2.45, 2.75) is 96.9 Å². The number of aryl methyl sites for hydroxylation is 2. The summed E-state index contributed by atoms with van der Waals surface area (Å²) in [6.07, 6.45) is 11.7. The van der Waals surface area contributed by atoms with Gasteiger partial charge >= 0.3 is 0 Å². The van der Waals surface area contributed by atoms with Crippen LogP contribution in [0.2, 0.25) is 0 Å². The lowest BCUT2D eigenvalue weighted by atomic mass is 9.66. The monoisotopic (exact) mass is 685 g/mol. The topological polar surface area (TPSA) is 136 Å². The number of unbranched alkanes of at least 4 members (excludes halogenated alkanes) is 1. The van der Waals surface area contributed by atoms with E-state index >= 15 is 0 Å². The van der Waals surface area contributed by atoms with Crippen LogP contribution in [0, 0.1) is 18.3 Å². The minimum atomic E-state index is -0.761. The maximum absolute atomic E-state index is 13.2. The summed E-state index contributed by atoms with van der Waals surface area (Å²) in [5.74, 6) is 0.736. The molecule has 1 heterocycles. The number of benzene rings is 1. The fourth-order valence-corrected chi connectivity index (χ4v) is 6.58. The first kappa shape index (κ1) is 41.8. The van der Waals surface area contributed by atoms with E-state index in [-0.39, 0.29) is 30.9 Å². The molecule has 0 bridgehead atoms. The maximum Gasteiger partial charge on any atom is 0.251 e. The Labute approximate surface area is 300 Å². The fraction of sp³-hybridized carbons (Fsp3) is 0.525. The minimum absolute atomic E-state index is 0.0703. The van der Waals surface area contributed by atoms with E-state index in [2.05, 4.69) is 78.8 Å². The molecule has 1 aliphatic carbocycles. The van der Waals surface area contributed by atoms with E-state index in [9.17, 15) is 14.9 Å². The summed E-state index contributed by atoms with van der Waals surface area (Å²) in [7, 11) is 3.62. The van der Waals surface area contributed by atoms with Crippen LogP contribution < -0.4 is 16.0 Å². The van der Waals surface area contributed by atoms with Gasteiger partial charge in [0.25, 0.3) is 5.91 Å². The van der Waals surface area contributed by atoms with E-state index in [1.807, 2.05) is 31.3 Å². The Balaban J connectivity index is 0.00000425. The average Bonchev–Trinajstić information content (AvgIpc) is 3.57. The highest BCUT2D eigenvalue weighted by Crippen LogP contribution is 2.46. The highest BCUT2D eigenvalue weighted by molar-refractivity contribution is 5.94. The second-order valence-corrected chi connectivity index (χ2v) is 12.9. The lowest BCUT2D eigenvalue weighted by Crippen LogP contribution is -2.44. The molecule has 2 aromatic rings. The summed E-state index contributed by atoms with van der Waals surface area (Å²) in [5, 5.41) is 27.6. The molecule has 2 amide bonds. The van der Waals surface area contributed by atoms with Crippen molar-refractivity contribution in [1.29, 1.82) is 5.26 Å². The molecule has 0 saturated carbocycles. The van der Waals surface area contributed by atoms with Gasteiger partial charge in [-0.25, -0.2) is 0 Å². The Morgan fingerprint density at radius 2 is 1.96 bits per heavy atom. The molecule has 272 valence electrons. The number of amides is 2. The second kappa shape index (κ2) is 21.7. The first-order valence-corrected chi connectivity index (χ1v) is 17.8. The van der Waals surface area contributed by atoms with Gasteiger partial charge in [0.05, 0.1) is 18.0 Å². The molecule has 3 rings (SSSR count). The number of rotatable bonds is 18. The molecule has 1 aliphatic rings. The quantitative estimate of drug-likeness (QED) is 0.0919. The molecule has 0 spiro atoms. The number of nitriles is 1. The zero-order valence-corrected chi connectivity index (χ0v) is 31.3. The predicted molar refractivity (Wildman–Crippen MR) is 202 cm³/mol. The van der Waals surface area contributed by atoms with Gasteiger partial charge in [0.1, 0.15) is 6.54 Å². The van der Waals surface area contributed by atoms with Gasteiger partial charge in [-0.05, 0) is 108 Å². The van der Waals surface area contributed by atoms with Crippen LogP contribution in [0.15, 0.2) is 71.2 Å². The largest absolute Gasteiger partial charge is 0.425 e. The number of hydrogen-bond donors (Lipinski definition) is 3. The number of nitrogens with one attached hydrogen (secondary N) is 3. The highest BCUT2D eigenvalue weighted by atomic mass is 16.4. The molecule has 10 heteroatoms. The van der Waals surface area contributed by atoms with Crippen LogP contribution in [0.4, 0.5) is 0 Å². The first-order chi connectivity index (χ1) is 24.1. The standard InChI is InChI=1S/C38H55N7O3.C2H4/c1-8-10-21-45(22-19-39)35(46)26-42-28(4)24-38(37-44-43-29(5)48-37)25-30(9-2)31(14-13-27(3)12-11-20-40-6)15-16-32-23-33(36(47)41-7)17-18-34(32)38;1-2/h9,13,17-18,23,28,40,42H,2,8,10-12,14-16,20-22,24-26H2,1,3-7H3,(H,41,47);1-2H2/b27-13+,31-30-;/t28-,38?;/m1./s1. The molecule has 2 atom stereocenters. The average molecular weight is 686 g/mol. The van der Waals surface area contributed by atoms with Crippen LogP contribution in [0.25, 0.3) is 0 Å². The SMILES string of the molecule is C=C.C=C/C1=C(\C/C=C(\C)CCCNC)CCc2cc(C(=O)NC)ccc2C(C[C@@H](C)NCC(=O)N(CC#N)CCCC)(c2nnc(C)o2)C1. The normalized spacial score (nSPS) is 18.0. The van der Waals surface area contributed by atoms with E-state index in [1.165, 1.54) is 11.1 Å². The summed E-state index contributed by atoms with van der Waals surface area (Å²) in [4.78, 5) is 27.6. The number of aromatic nitrogens is 2. The molecule has 10 nitrogen and oxygen atoms in total. The molecule has 1 aromatic heterocycles. The fourth-order valence-electron chi connectivity index (χ4n) is 6.58. The van der Waals surface area contributed by atoms with Crippen LogP contribution in [0.3, 0.4) is 0 Å². The Kier molecular flexibility index (Phi) is 18.2. The highest BCUT2D eigenvalue weighted by Gasteiger charge is 2.44. The first-order valence-electron chi connectivity index (χ1n) is 17.8. The number of allylic oxidation sites excluding steroid dienone is 5. The summed E-state index contributed by atoms with van der Waals surface area (Å²) in [6.45, 7) is 20.1. The van der Waals surface area contributed by atoms with E-state index in [0.29, 0.717) is 36.7 Å². The van der Waals surface area contributed by atoms with Crippen LogP contribution in [0.5, 0.6) is 0 Å². The second-order valence-electron chi connectivity index (χ2n) is 12.9. The van der Waals surface area contributed by atoms with Crippen molar-refractivity contribution in [2.75, 3.05) is 40.3 Å². The van der Waals surface area contributed by atoms with Gasteiger partial charge in [-0.3, -0.25) is 9.59 Å². The zero-order chi connectivity index (χ0) is 37.1. The zero-order valence-electron chi connectivity index (χ0n) is 31.3. The van der Waals surface area contributed by atoms with Gasteiger partial charge in [-0.2, -0.15) is 5.26 Å². The third kappa shape index (κ3) is 11.6. The number of hydrogen-bond acceptors (Lipinski definition) is 8. The molecule has 0 saturated heterocycles. The molecule has 50 heavy (non-hydrogen) atoms. The third-order valence-electron chi connectivity index (χ3n) is 9.28. The van der Waals surface area contributed by atoms with E-state index in [4.69, 9.17) is 4.42 Å².